The van der Waals surface area contributed by atoms with E-state index in [2.05, 4.69) is 15.0 Å². The molecule has 0 radical (unpaired) electrons. The number of hydrogen-bond acceptors (Lipinski definition) is 4. The van der Waals surface area contributed by atoms with Crippen molar-refractivity contribution in [2.24, 2.45) is 5.92 Å². The number of likely N-dealkylation sites (tertiary alicyclic amines) is 1. The molecule has 0 saturated carbocycles. The van der Waals surface area contributed by atoms with Gasteiger partial charge >= 0.3 is 6.09 Å². The normalized spacial score (nSPS) is 16.0. The molecule has 1 N–H and O–H groups in total. The number of rotatable bonds is 2. The predicted octanol–water partition coefficient (Wildman–Crippen LogP) is 2.37. The number of nitrogens with one attached hydrogen (secondary N) is 1. The average Bonchev–Trinajstić information content (AvgIpc) is 2.73. The Labute approximate surface area is 123 Å². The Morgan fingerprint density at radius 1 is 1.48 bits per heavy atom. The van der Waals surface area contributed by atoms with Gasteiger partial charge in [-0.15, -0.1) is 0 Å². The molecule has 1 saturated heterocycles. The van der Waals surface area contributed by atoms with Crippen molar-refractivity contribution in [1.29, 1.82) is 0 Å². The Morgan fingerprint density at radius 3 is 2.90 bits per heavy atom. The first-order chi connectivity index (χ1) is 9.90. The summed E-state index contributed by atoms with van der Waals surface area (Å²) in [7, 11) is 0. The number of H-pyrrole nitrogens is 1. The van der Waals surface area contributed by atoms with Crippen LogP contribution in [-0.4, -0.2) is 44.6 Å². The summed E-state index contributed by atoms with van der Waals surface area (Å²) in [5, 5.41) is 0. The summed E-state index contributed by atoms with van der Waals surface area (Å²) in [5.41, 5.74) is 1.26. The van der Waals surface area contributed by atoms with Crippen molar-refractivity contribution in [2.45, 2.75) is 32.8 Å². The van der Waals surface area contributed by atoms with Crippen LogP contribution in [-0.2, 0) is 11.2 Å². The van der Waals surface area contributed by atoms with Crippen LogP contribution in [0.1, 0.15) is 26.6 Å². The van der Waals surface area contributed by atoms with E-state index >= 15 is 0 Å². The molecular weight excluding hydrogens is 268 g/mol. The molecule has 1 amide bonds. The maximum atomic E-state index is 11.9. The van der Waals surface area contributed by atoms with Gasteiger partial charge in [0.25, 0.3) is 0 Å². The Kier molecular flexibility index (Phi) is 3.31. The Balaban J connectivity index is 1.54. The second-order valence-corrected chi connectivity index (χ2v) is 6.51. The summed E-state index contributed by atoms with van der Waals surface area (Å²) >= 11 is 0. The summed E-state index contributed by atoms with van der Waals surface area (Å²) in [6, 6.07) is 3.85. The number of carbonyl (C=O) groups excluding carboxylic acids is 1. The van der Waals surface area contributed by atoms with E-state index in [9.17, 15) is 4.79 Å². The number of ether oxygens (including phenoxy) is 1. The highest BCUT2D eigenvalue weighted by Crippen LogP contribution is 2.22. The number of carbonyl (C=O) groups is 1. The molecule has 0 aromatic carbocycles. The minimum absolute atomic E-state index is 0.231. The van der Waals surface area contributed by atoms with Crippen LogP contribution in [0.4, 0.5) is 4.79 Å². The molecule has 6 heteroatoms. The topological polar surface area (TPSA) is 71.1 Å². The zero-order chi connectivity index (χ0) is 15.0. The third-order valence-electron chi connectivity index (χ3n) is 3.40. The molecule has 0 unspecified atom stereocenters. The first-order valence-electron chi connectivity index (χ1n) is 7.18. The third kappa shape index (κ3) is 3.15. The molecule has 6 nitrogen and oxygen atoms in total. The maximum absolute atomic E-state index is 11.9. The van der Waals surface area contributed by atoms with Gasteiger partial charge in [0.2, 0.25) is 0 Å². The molecule has 3 rings (SSSR count). The zero-order valence-corrected chi connectivity index (χ0v) is 12.6. The number of imidazole rings is 1. The van der Waals surface area contributed by atoms with Crippen molar-refractivity contribution in [3.05, 3.63) is 24.2 Å². The maximum Gasteiger partial charge on any atom is 0.410 e. The van der Waals surface area contributed by atoms with Gasteiger partial charge in [0, 0.05) is 31.6 Å². The minimum atomic E-state index is -0.438. The number of fused-ring (bicyclic) bond motifs is 1. The van der Waals surface area contributed by atoms with Crippen molar-refractivity contribution < 1.29 is 9.53 Å². The number of aromatic nitrogens is 3. The van der Waals surface area contributed by atoms with Crippen LogP contribution in [0.15, 0.2) is 18.3 Å². The van der Waals surface area contributed by atoms with Crippen molar-refractivity contribution in [3.8, 4) is 0 Å². The van der Waals surface area contributed by atoms with E-state index in [1.165, 1.54) is 0 Å². The lowest BCUT2D eigenvalue weighted by Crippen LogP contribution is -2.52. The van der Waals surface area contributed by atoms with Gasteiger partial charge in [-0.2, -0.15) is 0 Å². The zero-order valence-electron chi connectivity index (χ0n) is 12.6. The Hall–Kier alpha value is -2.11. The summed E-state index contributed by atoms with van der Waals surface area (Å²) in [5.74, 6) is 1.36. The molecule has 3 heterocycles. The van der Waals surface area contributed by atoms with Gasteiger partial charge in [-0.3, -0.25) is 0 Å². The summed E-state index contributed by atoms with van der Waals surface area (Å²) in [6.07, 6.45) is 2.33. The fourth-order valence-corrected chi connectivity index (χ4v) is 2.44. The fraction of sp³-hybridized carbons (Fsp3) is 0.533. The van der Waals surface area contributed by atoms with Gasteiger partial charge < -0.3 is 14.6 Å². The second kappa shape index (κ2) is 5.02. The molecule has 2 aromatic rings. The largest absolute Gasteiger partial charge is 0.444 e. The number of hydrogen-bond donors (Lipinski definition) is 1. The number of pyridine rings is 1. The van der Waals surface area contributed by atoms with Crippen LogP contribution >= 0.6 is 0 Å². The molecule has 112 valence electrons. The average molecular weight is 288 g/mol. The quantitative estimate of drug-likeness (QED) is 0.921. The summed E-state index contributed by atoms with van der Waals surface area (Å²) in [4.78, 5) is 25.5. The Bertz CT molecular complexity index is 620. The van der Waals surface area contributed by atoms with Crippen LogP contribution in [0.3, 0.4) is 0 Å². The van der Waals surface area contributed by atoms with Gasteiger partial charge in [-0.05, 0) is 32.9 Å². The number of nitrogens with zero attached hydrogens (tertiary/aromatic N) is 3. The van der Waals surface area contributed by atoms with Gasteiger partial charge in [0.05, 0.1) is 5.52 Å². The highest BCUT2D eigenvalue weighted by Gasteiger charge is 2.34. The SMILES string of the molecule is CC(C)(C)OC(=O)N1CC(Cc2nc3ncccc3[nH]2)C1. The standard InChI is InChI=1S/C15H20N4O2/c1-15(2,3)21-14(20)19-8-10(9-19)7-12-17-11-5-4-6-16-13(11)18-12/h4-6,10H,7-9H2,1-3H3,(H,16,17,18). The van der Waals surface area contributed by atoms with Gasteiger partial charge in [-0.1, -0.05) is 0 Å². The van der Waals surface area contributed by atoms with E-state index < -0.39 is 5.60 Å². The molecule has 1 aliphatic rings. The van der Waals surface area contributed by atoms with E-state index in [1.807, 2.05) is 32.9 Å². The monoisotopic (exact) mass is 288 g/mol. The van der Waals surface area contributed by atoms with E-state index in [0.717, 1.165) is 36.5 Å². The lowest BCUT2D eigenvalue weighted by atomic mass is 9.97. The molecule has 1 aliphatic heterocycles. The van der Waals surface area contributed by atoms with E-state index in [-0.39, 0.29) is 6.09 Å². The summed E-state index contributed by atoms with van der Waals surface area (Å²) in [6.45, 7) is 7.08. The van der Waals surface area contributed by atoms with Gasteiger partial charge in [0.15, 0.2) is 5.65 Å². The van der Waals surface area contributed by atoms with Crippen molar-refractivity contribution >= 4 is 17.3 Å². The lowest BCUT2D eigenvalue weighted by Gasteiger charge is -2.39. The first-order valence-corrected chi connectivity index (χ1v) is 7.18. The number of amides is 1. The molecule has 1 fully saturated rings. The third-order valence-corrected chi connectivity index (χ3v) is 3.40. The Morgan fingerprint density at radius 2 is 2.24 bits per heavy atom. The molecule has 2 aromatic heterocycles. The van der Waals surface area contributed by atoms with Gasteiger partial charge in [0.1, 0.15) is 11.4 Å². The molecule has 0 spiro atoms. The fourth-order valence-electron chi connectivity index (χ4n) is 2.44. The predicted molar refractivity (Wildman–Crippen MR) is 78.9 cm³/mol. The van der Waals surface area contributed by atoms with E-state index in [4.69, 9.17) is 4.74 Å². The molecule has 21 heavy (non-hydrogen) atoms. The minimum Gasteiger partial charge on any atom is -0.444 e. The van der Waals surface area contributed by atoms with Crippen LogP contribution in [0.2, 0.25) is 0 Å². The van der Waals surface area contributed by atoms with E-state index in [0.29, 0.717) is 5.92 Å². The van der Waals surface area contributed by atoms with Crippen LogP contribution in [0.25, 0.3) is 11.2 Å². The highest BCUT2D eigenvalue weighted by molar-refractivity contribution is 5.70. The van der Waals surface area contributed by atoms with Gasteiger partial charge in [-0.25, -0.2) is 14.8 Å². The molecule has 0 bridgehead atoms. The van der Waals surface area contributed by atoms with Crippen LogP contribution < -0.4 is 0 Å². The molecule has 0 aliphatic carbocycles. The van der Waals surface area contributed by atoms with E-state index in [1.54, 1.807) is 11.1 Å². The van der Waals surface area contributed by atoms with Crippen LogP contribution in [0.5, 0.6) is 0 Å². The molecular formula is C15H20N4O2. The number of aromatic amines is 1. The van der Waals surface area contributed by atoms with Crippen molar-refractivity contribution in [3.63, 3.8) is 0 Å². The first kappa shape index (κ1) is 13.9. The smallest absolute Gasteiger partial charge is 0.410 e. The van der Waals surface area contributed by atoms with Crippen molar-refractivity contribution in [2.75, 3.05) is 13.1 Å². The lowest BCUT2D eigenvalue weighted by molar-refractivity contribution is -0.00111. The van der Waals surface area contributed by atoms with Crippen molar-refractivity contribution in [1.82, 2.24) is 19.9 Å². The second-order valence-electron chi connectivity index (χ2n) is 6.51. The summed E-state index contributed by atoms with van der Waals surface area (Å²) < 4.78 is 5.34. The highest BCUT2D eigenvalue weighted by atomic mass is 16.6. The van der Waals surface area contributed by atoms with Crippen LogP contribution in [0, 0.1) is 5.92 Å². The molecule has 0 atom stereocenters.